The van der Waals surface area contributed by atoms with E-state index in [2.05, 4.69) is 49.5 Å². The molecule has 0 saturated carbocycles. The summed E-state index contributed by atoms with van der Waals surface area (Å²) in [5.74, 6) is -0.572. The largest absolute Gasteiger partial charge is 0.486 e. The molecule has 3 rings (SSSR count). The number of ether oxygens (including phenoxy) is 1. The van der Waals surface area contributed by atoms with E-state index in [0.29, 0.717) is 11.3 Å². The molecule has 1 atom stereocenters. The molecule has 0 radical (unpaired) electrons. The minimum atomic E-state index is -0.944. The van der Waals surface area contributed by atoms with Gasteiger partial charge in [-0.15, -0.1) is 0 Å². The zero-order chi connectivity index (χ0) is 25.0. The molecule has 1 amide bonds. The van der Waals surface area contributed by atoms with Gasteiger partial charge in [0.1, 0.15) is 11.9 Å². The Labute approximate surface area is 207 Å². The van der Waals surface area contributed by atoms with Crippen LogP contribution in [0.3, 0.4) is 0 Å². The van der Waals surface area contributed by atoms with Crippen LogP contribution in [-0.2, 0) is 11.2 Å². The van der Waals surface area contributed by atoms with Gasteiger partial charge in [-0.2, -0.15) is 0 Å². The van der Waals surface area contributed by atoms with Gasteiger partial charge in [0.2, 0.25) is 0 Å². The highest BCUT2D eigenvalue weighted by Crippen LogP contribution is 2.28. The summed E-state index contributed by atoms with van der Waals surface area (Å²) in [5.41, 5.74) is 4.81. The Morgan fingerprint density at radius 2 is 1.71 bits per heavy atom. The summed E-state index contributed by atoms with van der Waals surface area (Å²) in [6.07, 6.45) is 6.84. The van der Waals surface area contributed by atoms with Crippen molar-refractivity contribution < 1.29 is 19.4 Å². The molecule has 0 aliphatic carbocycles. The van der Waals surface area contributed by atoms with E-state index >= 15 is 0 Å². The molecular formula is C29H34N2O4. The first-order chi connectivity index (χ1) is 17.0. The van der Waals surface area contributed by atoms with Crippen LogP contribution in [0, 0.1) is 0 Å². The van der Waals surface area contributed by atoms with Crippen LogP contribution in [0.4, 0.5) is 0 Å². The number of amides is 1. The first-order valence-corrected chi connectivity index (χ1v) is 12.3. The zero-order valence-electron chi connectivity index (χ0n) is 20.5. The Hall–Kier alpha value is -3.67. The molecule has 1 heterocycles. The van der Waals surface area contributed by atoms with Crippen LogP contribution in [0.2, 0.25) is 0 Å². The Morgan fingerprint density at radius 1 is 0.971 bits per heavy atom. The number of carboxylic acids is 1. The Bertz CT molecular complexity index is 1080. The summed E-state index contributed by atoms with van der Waals surface area (Å²) in [6.45, 7) is 4.42. The number of nitrogens with one attached hydrogen (secondary N) is 1. The van der Waals surface area contributed by atoms with Crippen LogP contribution in [-0.4, -0.2) is 28.5 Å². The molecule has 0 bridgehead atoms. The number of aryl methyl sites for hydroxylation is 1. The summed E-state index contributed by atoms with van der Waals surface area (Å²) in [5, 5.41) is 11.3. The summed E-state index contributed by atoms with van der Waals surface area (Å²) >= 11 is 0. The van der Waals surface area contributed by atoms with Crippen LogP contribution in [0.15, 0.2) is 66.9 Å². The monoisotopic (exact) mass is 474 g/mol. The molecule has 6 heteroatoms. The standard InChI is InChI=1S/C29H34N2O4/c1-3-5-6-7-27(24-14-17-26(31-20-24)22-10-8-21(4-2)9-11-22)35-25-15-12-23(13-16-25)29(34)30-19-18-28(32)33/h8-17,20,27H,3-7,18-19H2,1-2H3,(H,30,34)(H,32,33). The SMILES string of the molecule is CCCCCC(Oc1ccc(C(=O)NCCC(=O)O)cc1)c1ccc(-c2ccc(CC)cc2)nc1. The fraction of sp³-hybridized carbons (Fsp3) is 0.345. The number of rotatable bonds is 13. The molecule has 0 spiro atoms. The minimum Gasteiger partial charge on any atom is -0.486 e. The number of benzene rings is 2. The summed E-state index contributed by atoms with van der Waals surface area (Å²) in [4.78, 5) is 27.5. The quantitative estimate of drug-likeness (QED) is 0.287. The number of pyridine rings is 1. The summed E-state index contributed by atoms with van der Waals surface area (Å²) in [7, 11) is 0. The fourth-order valence-corrected chi connectivity index (χ4v) is 3.79. The van der Waals surface area contributed by atoms with Crippen LogP contribution in [0.1, 0.15) is 73.5 Å². The number of nitrogens with zero attached hydrogens (tertiary/aromatic N) is 1. The van der Waals surface area contributed by atoms with E-state index < -0.39 is 5.97 Å². The topological polar surface area (TPSA) is 88.5 Å². The predicted molar refractivity (Wildman–Crippen MR) is 138 cm³/mol. The van der Waals surface area contributed by atoms with Crippen molar-refractivity contribution in [3.63, 3.8) is 0 Å². The van der Waals surface area contributed by atoms with Gasteiger partial charge in [0, 0.05) is 29.4 Å². The first kappa shape index (κ1) is 25.9. The van der Waals surface area contributed by atoms with E-state index in [-0.39, 0.29) is 25.0 Å². The highest BCUT2D eigenvalue weighted by atomic mass is 16.5. The Kier molecular flexibility index (Phi) is 9.84. The van der Waals surface area contributed by atoms with E-state index in [1.165, 1.54) is 5.56 Å². The maximum Gasteiger partial charge on any atom is 0.305 e. The minimum absolute atomic E-state index is 0.0949. The second kappa shape index (κ2) is 13.3. The molecule has 1 unspecified atom stereocenters. The smallest absolute Gasteiger partial charge is 0.305 e. The van der Waals surface area contributed by atoms with E-state index in [1.807, 2.05) is 12.3 Å². The molecule has 2 aromatic carbocycles. The number of carbonyl (C=O) groups is 2. The van der Waals surface area contributed by atoms with E-state index in [1.54, 1.807) is 24.3 Å². The number of aliphatic carboxylic acids is 1. The van der Waals surface area contributed by atoms with Gasteiger partial charge in [-0.3, -0.25) is 14.6 Å². The molecule has 6 nitrogen and oxygen atoms in total. The third-order valence-corrected chi connectivity index (χ3v) is 5.91. The predicted octanol–water partition coefficient (Wildman–Crippen LogP) is 6.22. The molecule has 3 aromatic rings. The van der Waals surface area contributed by atoms with E-state index in [4.69, 9.17) is 14.8 Å². The first-order valence-electron chi connectivity index (χ1n) is 12.3. The van der Waals surface area contributed by atoms with Gasteiger partial charge in [0.05, 0.1) is 12.1 Å². The van der Waals surface area contributed by atoms with E-state index in [9.17, 15) is 9.59 Å². The average Bonchev–Trinajstić information content (AvgIpc) is 2.88. The van der Waals surface area contributed by atoms with Crippen LogP contribution < -0.4 is 10.1 Å². The van der Waals surface area contributed by atoms with Crippen molar-refractivity contribution in [3.8, 4) is 17.0 Å². The van der Waals surface area contributed by atoms with Crippen molar-refractivity contribution in [2.24, 2.45) is 0 Å². The highest BCUT2D eigenvalue weighted by Gasteiger charge is 2.15. The van der Waals surface area contributed by atoms with Gasteiger partial charge in [-0.05, 0) is 55.2 Å². The molecule has 35 heavy (non-hydrogen) atoms. The summed E-state index contributed by atoms with van der Waals surface area (Å²) < 4.78 is 6.32. The molecule has 2 N–H and O–H groups in total. The number of aromatic nitrogens is 1. The van der Waals surface area contributed by atoms with Gasteiger partial charge in [0.25, 0.3) is 5.91 Å². The number of carbonyl (C=O) groups excluding carboxylic acids is 1. The summed E-state index contributed by atoms with van der Waals surface area (Å²) in [6, 6.07) is 19.5. The van der Waals surface area contributed by atoms with Gasteiger partial charge >= 0.3 is 5.97 Å². The normalized spacial score (nSPS) is 11.6. The maximum absolute atomic E-state index is 12.2. The lowest BCUT2D eigenvalue weighted by Gasteiger charge is -2.20. The second-order valence-electron chi connectivity index (χ2n) is 8.55. The second-order valence-corrected chi connectivity index (χ2v) is 8.55. The van der Waals surface area contributed by atoms with Crippen LogP contribution >= 0.6 is 0 Å². The van der Waals surface area contributed by atoms with Crippen molar-refractivity contribution >= 4 is 11.9 Å². The lowest BCUT2D eigenvalue weighted by molar-refractivity contribution is -0.136. The van der Waals surface area contributed by atoms with Crippen molar-refractivity contribution in [1.82, 2.24) is 10.3 Å². The molecule has 0 fully saturated rings. The van der Waals surface area contributed by atoms with Crippen LogP contribution in [0.5, 0.6) is 5.75 Å². The van der Waals surface area contributed by atoms with Crippen LogP contribution in [0.25, 0.3) is 11.3 Å². The number of hydrogen-bond acceptors (Lipinski definition) is 4. The molecule has 0 aliphatic heterocycles. The van der Waals surface area contributed by atoms with Gasteiger partial charge in [-0.1, -0.05) is 57.0 Å². The fourth-order valence-electron chi connectivity index (χ4n) is 3.79. The molecule has 0 aliphatic rings. The van der Waals surface area contributed by atoms with Crippen molar-refractivity contribution in [1.29, 1.82) is 0 Å². The van der Waals surface area contributed by atoms with Crippen molar-refractivity contribution in [3.05, 3.63) is 83.6 Å². The maximum atomic E-state index is 12.2. The molecule has 184 valence electrons. The Morgan fingerprint density at radius 3 is 2.31 bits per heavy atom. The third-order valence-electron chi connectivity index (χ3n) is 5.91. The molecule has 1 aromatic heterocycles. The number of carboxylic acid groups (broad SMARTS) is 1. The van der Waals surface area contributed by atoms with E-state index in [0.717, 1.165) is 48.9 Å². The molecule has 0 saturated heterocycles. The lowest BCUT2D eigenvalue weighted by atomic mass is 10.0. The van der Waals surface area contributed by atoms with Crippen molar-refractivity contribution in [2.45, 2.75) is 58.5 Å². The Balaban J connectivity index is 1.69. The van der Waals surface area contributed by atoms with Gasteiger partial charge in [0.15, 0.2) is 0 Å². The highest BCUT2D eigenvalue weighted by molar-refractivity contribution is 5.94. The lowest BCUT2D eigenvalue weighted by Crippen LogP contribution is -2.25. The number of unbranched alkanes of at least 4 members (excludes halogenated alkanes) is 2. The average molecular weight is 475 g/mol. The molecular weight excluding hydrogens is 440 g/mol. The third kappa shape index (κ3) is 7.95. The van der Waals surface area contributed by atoms with Crippen molar-refractivity contribution in [2.75, 3.05) is 6.54 Å². The zero-order valence-corrected chi connectivity index (χ0v) is 20.5. The van der Waals surface area contributed by atoms with Gasteiger partial charge < -0.3 is 15.2 Å². The van der Waals surface area contributed by atoms with Gasteiger partial charge in [-0.25, -0.2) is 0 Å². The number of hydrogen-bond donors (Lipinski definition) is 2.